The van der Waals surface area contributed by atoms with Crippen LogP contribution in [0.1, 0.15) is 49.8 Å². The molecule has 0 radical (unpaired) electrons. The van der Waals surface area contributed by atoms with Crippen molar-refractivity contribution in [1.82, 2.24) is 0 Å². The van der Waals surface area contributed by atoms with Crippen LogP contribution >= 0.6 is 15.9 Å². The second-order valence-corrected chi connectivity index (χ2v) is 7.07. The zero-order valence-corrected chi connectivity index (χ0v) is 12.8. The van der Waals surface area contributed by atoms with Gasteiger partial charge in [0, 0.05) is 16.1 Å². The normalized spacial score (nSPS) is 28.5. The predicted molar refractivity (Wildman–Crippen MR) is 78.3 cm³/mol. The fraction of sp³-hybridized carbons (Fsp3) is 0.600. The maximum atomic E-state index is 10.4. The summed E-state index contributed by atoms with van der Waals surface area (Å²) in [6.07, 6.45) is 3.21. The summed E-state index contributed by atoms with van der Waals surface area (Å²) in [5.74, 6) is 0.179. The molecule has 1 aliphatic heterocycles. The summed E-state index contributed by atoms with van der Waals surface area (Å²) in [7, 11) is 0. The molecule has 0 aromatic heterocycles. The lowest BCUT2D eigenvalue weighted by Gasteiger charge is -2.43. The lowest BCUT2D eigenvalue weighted by atomic mass is 9.78. The fourth-order valence-electron chi connectivity index (χ4n) is 3.45. The molecule has 1 aromatic rings. The van der Waals surface area contributed by atoms with Gasteiger partial charge in [0.15, 0.2) is 0 Å². The molecule has 2 atom stereocenters. The Morgan fingerprint density at radius 2 is 2.00 bits per heavy atom. The number of hydrogen-bond acceptors (Lipinski definition) is 2. The number of rotatable bonds is 0. The maximum absolute atomic E-state index is 10.4. The third-order valence-corrected chi connectivity index (χ3v) is 5.24. The lowest BCUT2D eigenvalue weighted by Crippen LogP contribution is -2.50. The van der Waals surface area contributed by atoms with Crippen LogP contribution in [-0.4, -0.2) is 16.7 Å². The SMILES string of the molecule is CC1c2cc(Br)c3c(c2NC(C)(C)C1O)CCC3. The van der Waals surface area contributed by atoms with E-state index < -0.39 is 0 Å². The van der Waals surface area contributed by atoms with E-state index in [-0.39, 0.29) is 17.6 Å². The zero-order valence-electron chi connectivity index (χ0n) is 11.2. The molecule has 3 heteroatoms. The van der Waals surface area contributed by atoms with Crippen molar-refractivity contribution in [1.29, 1.82) is 0 Å². The van der Waals surface area contributed by atoms with Crippen LogP contribution < -0.4 is 5.32 Å². The lowest BCUT2D eigenvalue weighted by molar-refractivity contribution is 0.0868. The van der Waals surface area contributed by atoms with Crippen LogP contribution in [0.15, 0.2) is 10.5 Å². The monoisotopic (exact) mass is 309 g/mol. The Morgan fingerprint density at radius 3 is 2.72 bits per heavy atom. The molecule has 18 heavy (non-hydrogen) atoms. The average Bonchev–Trinajstić information content (AvgIpc) is 2.78. The molecule has 0 fully saturated rings. The van der Waals surface area contributed by atoms with E-state index >= 15 is 0 Å². The molecule has 0 amide bonds. The summed E-state index contributed by atoms with van der Waals surface area (Å²) in [6, 6.07) is 2.20. The minimum absolute atomic E-state index is 0.179. The van der Waals surface area contributed by atoms with Crippen LogP contribution in [0.2, 0.25) is 0 Å². The number of halogens is 1. The Kier molecular flexibility index (Phi) is 2.76. The number of anilines is 1. The quantitative estimate of drug-likeness (QED) is 0.767. The van der Waals surface area contributed by atoms with Crippen molar-refractivity contribution in [3.8, 4) is 0 Å². The van der Waals surface area contributed by atoms with Crippen LogP contribution in [0.3, 0.4) is 0 Å². The summed E-state index contributed by atoms with van der Waals surface area (Å²) >= 11 is 3.69. The smallest absolute Gasteiger partial charge is 0.0830 e. The number of nitrogens with one attached hydrogen (secondary N) is 1. The predicted octanol–water partition coefficient (Wildman–Crippen LogP) is 3.61. The summed E-state index contributed by atoms with van der Waals surface area (Å²) in [5, 5.41) is 14.0. The molecule has 2 unspecified atom stereocenters. The van der Waals surface area contributed by atoms with Crippen LogP contribution in [0.5, 0.6) is 0 Å². The van der Waals surface area contributed by atoms with E-state index in [2.05, 4.69) is 48.1 Å². The van der Waals surface area contributed by atoms with Crippen LogP contribution in [0.4, 0.5) is 5.69 Å². The molecular weight excluding hydrogens is 290 g/mol. The van der Waals surface area contributed by atoms with Crippen molar-refractivity contribution in [3.05, 3.63) is 27.2 Å². The van der Waals surface area contributed by atoms with Crippen LogP contribution in [-0.2, 0) is 12.8 Å². The first-order valence-corrected chi connectivity index (χ1v) is 7.51. The molecule has 1 aromatic carbocycles. The molecule has 0 bridgehead atoms. The minimum atomic E-state index is -0.351. The van der Waals surface area contributed by atoms with E-state index in [0.29, 0.717) is 0 Å². The van der Waals surface area contributed by atoms with Gasteiger partial charge in [0.2, 0.25) is 0 Å². The highest BCUT2D eigenvalue weighted by molar-refractivity contribution is 9.10. The number of fused-ring (bicyclic) bond motifs is 3. The molecule has 0 saturated heterocycles. The standard InChI is InChI=1S/C15H20BrNO/c1-8-11-7-12(16)9-5-4-6-10(9)13(11)17-15(2,3)14(8)18/h7-8,14,17-18H,4-6H2,1-3H3. The van der Waals surface area contributed by atoms with Crippen LogP contribution in [0, 0.1) is 0 Å². The Morgan fingerprint density at radius 1 is 1.33 bits per heavy atom. The second-order valence-electron chi connectivity index (χ2n) is 6.21. The molecular formula is C15H20BrNO. The van der Waals surface area contributed by atoms with E-state index in [1.807, 2.05) is 0 Å². The highest BCUT2D eigenvalue weighted by atomic mass is 79.9. The summed E-state index contributed by atoms with van der Waals surface area (Å²) in [6.45, 7) is 6.29. The van der Waals surface area contributed by atoms with Crippen molar-refractivity contribution in [2.75, 3.05) is 5.32 Å². The Bertz CT molecular complexity index is 510. The molecule has 2 aliphatic rings. The third-order valence-electron chi connectivity index (χ3n) is 4.53. The van der Waals surface area contributed by atoms with E-state index in [1.165, 1.54) is 39.7 Å². The Balaban J connectivity index is 2.21. The Hall–Kier alpha value is -0.540. The minimum Gasteiger partial charge on any atom is -0.390 e. The fourth-order valence-corrected chi connectivity index (χ4v) is 4.14. The van der Waals surface area contributed by atoms with Gasteiger partial charge in [-0.2, -0.15) is 0 Å². The summed E-state index contributed by atoms with van der Waals surface area (Å²) in [5.41, 5.74) is 5.21. The van der Waals surface area contributed by atoms with Crippen molar-refractivity contribution < 1.29 is 5.11 Å². The maximum Gasteiger partial charge on any atom is 0.0830 e. The number of aliphatic hydroxyl groups is 1. The van der Waals surface area contributed by atoms with E-state index in [0.717, 1.165) is 6.42 Å². The van der Waals surface area contributed by atoms with E-state index in [1.54, 1.807) is 0 Å². The van der Waals surface area contributed by atoms with Gasteiger partial charge >= 0.3 is 0 Å². The first-order valence-electron chi connectivity index (χ1n) is 6.72. The zero-order chi connectivity index (χ0) is 13.1. The molecule has 0 spiro atoms. The average molecular weight is 310 g/mol. The van der Waals surface area contributed by atoms with Crippen molar-refractivity contribution in [2.45, 2.75) is 57.6 Å². The van der Waals surface area contributed by atoms with Gasteiger partial charge in [0.05, 0.1) is 11.6 Å². The van der Waals surface area contributed by atoms with Crippen molar-refractivity contribution in [2.24, 2.45) is 0 Å². The van der Waals surface area contributed by atoms with Crippen LogP contribution in [0.25, 0.3) is 0 Å². The molecule has 3 rings (SSSR count). The second kappa shape index (κ2) is 3.97. The first kappa shape index (κ1) is 12.5. The molecule has 1 heterocycles. The highest BCUT2D eigenvalue weighted by Crippen LogP contribution is 2.46. The molecule has 0 saturated carbocycles. The molecule has 2 N–H and O–H groups in total. The van der Waals surface area contributed by atoms with Gasteiger partial charge in [0.25, 0.3) is 0 Å². The first-order chi connectivity index (χ1) is 8.42. The van der Waals surface area contributed by atoms with Gasteiger partial charge in [0.1, 0.15) is 0 Å². The Labute approximate surface area is 117 Å². The molecule has 98 valence electrons. The summed E-state index contributed by atoms with van der Waals surface area (Å²) in [4.78, 5) is 0. The van der Waals surface area contributed by atoms with Gasteiger partial charge in [-0.15, -0.1) is 0 Å². The number of benzene rings is 1. The van der Waals surface area contributed by atoms with Gasteiger partial charge in [-0.05, 0) is 55.9 Å². The van der Waals surface area contributed by atoms with Crippen molar-refractivity contribution >= 4 is 21.6 Å². The largest absolute Gasteiger partial charge is 0.390 e. The topological polar surface area (TPSA) is 32.3 Å². The van der Waals surface area contributed by atoms with Gasteiger partial charge in [-0.1, -0.05) is 22.9 Å². The third kappa shape index (κ3) is 1.64. The van der Waals surface area contributed by atoms with E-state index in [4.69, 9.17) is 0 Å². The van der Waals surface area contributed by atoms with Gasteiger partial charge in [-0.3, -0.25) is 0 Å². The molecule has 1 aliphatic carbocycles. The van der Waals surface area contributed by atoms with E-state index in [9.17, 15) is 5.11 Å². The van der Waals surface area contributed by atoms with Gasteiger partial charge in [-0.25, -0.2) is 0 Å². The van der Waals surface area contributed by atoms with Crippen molar-refractivity contribution in [3.63, 3.8) is 0 Å². The number of hydrogen-bond donors (Lipinski definition) is 2. The summed E-state index contributed by atoms with van der Waals surface area (Å²) < 4.78 is 1.22. The molecule has 2 nitrogen and oxygen atoms in total. The van der Waals surface area contributed by atoms with Gasteiger partial charge < -0.3 is 10.4 Å². The highest BCUT2D eigenvalue weighted by Gasteiger charge is 2.40. The number of aliphatic hydroxyl groups excluding tert-OH is 1.